The molecule has 0 aliphatic heterocycles. The predicted octanol–water partition coefficient (Wildman–Crippen LogP) is 3.65. The molecule has 4 rings (SSSR count). The first-order valence-corrected chi connectivity index (χ1v) is 9.71. The summed E-state index contributed by atoms with van der Waals surface area (Å²) < 4.78 is 3.65. The molecule has 1 amide bonds. The van der Waals surface area contributed by atoms with Crippen molar-refractivity contribution in [3.63, 3.8) is 0 Å². The molecule has 7 heteroatoms. The van der Waals surface area contributed by atoms with Gasteiger partial charge in [-0.25, -0.2) is 4.98 Å². The molecule has 1 N–H and O–H groups in total. The molecule has 0 aliphatic rings. The van der Waals surface area contributed by atoms with Crippen molar-refractivity contribution in [2.24, 2.45) is 7.05 Å². The van der Waals surface area contributed by atoms with Crippen molar-refractivity contribution < 1.29 is 4.79 Å². The van der Waals surface area contributed by atoms with Crippen LogP contribution in [0.1, 0.15) is 41.6 Å². The summed E-state index contributed by atoms with van der Waals surface area (Å²) in [4.78, 5) is 18.0. The van der Waals surface area contributed by atoms with Gasteiger partial charge in [0.2, 0.25) is 0 Å². The van der Waals surface area contributed by atoms with E-state index in [4.69, 9.17) is 4.98 Å². The van der Waals surface area contributed by atoms with Crippen LogP contribution < -0.4 is 5.32 Å². The van der Waals surface area contributed by atoms with Gasteiger partial charge in [-0.3, -0.25) is 14.2 Å². The highest BCUT2D eigenvalue weighted by atomic mass is 16.1. The number of carbonyl (C=O) groups is 1. The van der Waals surface area contributed by atoms with E-state index in [9.17, 15) is 4.79 Å². The number of carbonyl (C=O) groups excluding carboxylic acids is 1. The molecule has 0 spiro atoms. The van der Waals surface area contributed by atoms with E-state index in [2.05, 4.69) is 15.5 Å². The van der Waals surface area contributed by atoms with Crippen LogP contribution >= 0.6 is 0 Å². The second kappa shape index (κ2) is 7.50. The molecule has 0 saturated carbocycles. The molecule has 1 aromatic carbocycles. The molecule has 29 heavy (non-hydrogen) atoms. The Morgan fingerprint density at radius 2 is 2.03 bits per heavy atom. The number of hydrogen-bond acceptors (Lipinski definition) is 4. The first-order chi connectivity index (χ1) is 14.0. The number of para-hydroxylation sites is 1. The zero-order valence-corrected chi connectivity index (χ0v) is 17.0. The lowest BCUT2D eigenvalue weighted by Crippen LogP contribution is -2.28. The summed E-state index contributed by atoms with van der Waals surface area (Å²) in [6.07, 6.45) is 3.68. The second-order valence-corrected chi connectivity index (χ2v) is 7.14. The molecular weight excluding hydrogens is 364 g/mol. The summed E-state index contributed by atoms with van der Waals surface area (Å²) in [6, 6.07) is 11.3. The first kappa shape index (κ1) is 18.9. The zero-order chi connectivity index (χ0) is 20.5. The summed E-state index contributed by atoms with van der Waals surface area (Å²) in [5.74, 6) is -0.136. The van der Waals surface area contributed by atoms with Crippen LogP contribution in [0.15, 0.2) is 48.8 Å². The maximum Gasteiger partial charge on any atom is 0.252 e. The van der Waals surface area contributed by atoms with Crippen LogP contribution in [0.25, 0.3) is 22.2 Å². The van der Waals surface area contributed by atoms with Crippen molar-refractivity contribution in [3.05, 3.63) is 65.7 Å². The summed E-state index contributed by atoms with van der Waals surface area (Å²) in [6.45, 7) is 6.70. The Labute approximate surface area is 169 Å². The lowest BCUT2D eigenvalue weighted by Gasteiger charge is -2.16. The third kappa shape index (κ3) is 3.51. The lowest BCUT2D eigenvalue weighted by molar-refractivity contribution is 0.0940. The number of nitrogens with zero attached hydrogens (tertiary/aromatic N) is 5. The van der Waals surface area contributed by atoms with E-state index in [0.29, 0.717) is 5.56 Å². The van der Waals surface area contributed by atoms with Crippen molar-refractivity contribution in [1.29, 1.82) is 0 Å². The second-order valence-electron chi connectivity index (χ2n) is 7.14. The minimum Gasteiger partial charge on any atom is -0.344 e. The Bertz CT molecular complexity index is 1190. The molecule has 0 aliphatic carbocycles. The number of aryl methyl sites for hydroxylation is 3. The summed E-state index contributed by atoms with van der Waals surface area (Å²) in [7, 11) is 1.88. The predicted molar refractivity (Wildman–Crippen MR) is 112 cm³/mol. The largest absolute Gasteiger partial charge is 0.344 e. The van der Waals surface area contributed by atoms with Crippen LogP contribution in [-0.4, -0.2) is 30.5 Å². The number of benzene rings is 1. The lowest BCUT2D eigenvalue weighted by atomic mass is 10.0. The maximum atomic E-state index is 13.2. The van der Waals surface area contributed by atoms with E-state index >= 15 is 0 Å². The van der Waals surface area contributed by atoms with Crippen molar-refractivity contribution in [2.45, 2.75) is 33.4 Å². The minimum atomic E-state index is -0.166. The Hall–Kier alpha value is -3.48. The average Bonchev–Trinajstić information content (AvgIpc) is 3.32. The smallest absolute Gasteiger partial charge is 0.252 e. The Kier molecular flexibility index (Phi) is 4.88. The van der Waals surface area contributed by atoms with E-state index < -0.39 is 0 Å². The highest BCUT2D eigenvalue weighted by Gasteiger charge is 2.19. The highest BCUT2D eigenvalue weighted by molar-refractivity contribution is 6.07. The number of pyridine rings is 1. The number of aromatic nitrogens is 5. The number of hydrogen-bond donors (Lipinski definition) is 1. The van der Waals surface area contributed by atoms with E-state index in [0.717, 1.165) is 40.1 Å². The van der Waals surface area contributed by atoms with Gasteiger partial charge >= 0.3 is 0 Å². The van der Waals surface area contributed by atoms with Gasteiger partial charge in [-0.2, -0.15) is 10.2 Å². The van der Waals surface area contributed by atoms with E-state index in [1.165, 1.54) is 0 Å². The van der Waals surface area contributed by atoms with E-state index in [-0.39, 0.29) is 11.9 Å². The molecule has 0 fully saturated rings. The first-order valence-electron chi connectivity index (χ1n) is 9.71. The number of rotatable bonds is 5. The number of amides is 1. The minimum absolute atomic E-state index is 0.136. The highest BCUT2D eigenvalue weighted by Crippen LogP contribution is 2.27. The summed E-state index contributed by atoms with van der Waals surface area (Å²) in [5, 5.41) is 12.6. The van der Waals surface area contributed by atoms with Gasteiger partial charge in [0.25, 0.3) is 5.91 Å². The van der Waals surface area contributed by atoms with Gasteiger partial charge < -0.3 is 5.32 Å². The fourth-order valence-electron chi connectivity index (χ4n) is 3.68. The molecule has 3 heterocycles. The van der Waals surface area contributed by atoms with Crippen LogP contribution in [0.2, 0.25) is 0 Å². The zero-order valence-electron chi connectivity index (χ0n) is 17.0. The molecule has 0 saturated heterocycles. The topological polar surface area (TPSA) is 77.6 Å². The van der Waals surface area contributed by atoms with Gasteiger partial charge in [0.15, 0.2) is 0 Å². The normalized spacial score (nSPS) is 12.3. The monoisotopic (exact) mass is 388 g/mol. The van der Waals surface area contributed by atoms with Crippen molar-refractivity contribution in [3.8, 4) is 11.3 Å². The van der Waals surface area contributed by atoms with Gasteiger partial charge in [0.1, 0.15) is 0 Å². The Morgan fingerprint density at radius 1 is 1.24 bits per heavy atom. The summed E-state index contributed by atoms with van der Waals surface area (Å²) >= 11 is 0. The van der Waals surface area contributed by atoms with E-state index in [1.54, 1.807) is 10.9 Å². The maximum absolute atomic E-state index is 13.2. The number of fused-ring (bicyclic) bond motifs is 1. The van der Waals surface area contributed by atoms with Crippen LogP contribution in [-0.2, 0) is 13.6 Å². The Balaban J connectivity index is 1.76. The average molecular weight is 388 g/mol. The molecule has 0 radical (unpaired) electrons. The van der Waals surface area contributed by atoms with Gasteiger partial charge in [-0.05, 0) is 39.0 Å². The van der Waals surface area contributed by atoms with Gasteiger partial charge in [0, 0.05) is 36.9 Å². The molecule has 0 bridgehead atoms. The molecule has 7 nitrogen and oxygen atoms in total. The quantitative estimate of drug-likeness (QED) is 0.566. The fraction of sp³-hybridized carbons (Fsp3) is 0.273. The molecule has 1 unspecified atom stereocenters. The van der Waals surface area contributed by atoms with Gasteiger partial charge in [-0.1, -0.05) is 18.2 Å². The third-order valence-corrected chi connectivity index (χ3v) is 5.09. The van der Waals surface area contributed by atoms with Gasteiger partial charge in [-0.15, -0.1) is 0 Å². The number of nitrogens with one attached hydrogen (secondary N) is 1. The SMILES string of the molecule is CCn1nccc1C(C)NC(=O)c1cc(-c2cn(C)nc2C)nc2ccccc12. The molecule has 4 aromatic rings. The standard InChI is InChI=1S/C22H24N6O/c1-5-28-21(10-11-23-28)15(3)24-22(29)17-12-20(18-13-27(4)26-14(18)2)25-19-9-7-6-8-16(17)19/h6-13,15H,5H2,1-4H3,(H,24,29). The third-order valence-electron chi connectivity index (χ3n) is 5.09. The van der Waals surface area contributed by atoms with E-state index in [1.807, 2.05) is 75.1 Å². The van der Waals surface area contributed by atoms with Crippen molar-refractivity contribution in [2.75, 3.05) is 0 Å². The van der Waals surface area contributed by atoms with Crippen molar-refractivity contribution >= 4 is 16.8 Å². The molecule has 3 aromatic heterocycles. The van der Waals surface area contributed by atoms with Crippen molar-refractivity contribution in [1.82, 2.24) is 29.9 Å². The van der Waals surface area contributed by atoms with Crippen LogP contribution in [0.4, 0.5) is 0 Å². The van der Waals surface area contributed by atoms with Crippen LogP contribution in [0.3, 0.4) is 0 Å². The molecular formula is C22H24N6O. The fourth-order valence-corrected chi connectivity index (χ4v) is 3.68. The van der Waals surface area contributed by atoms with Gasteiger partial charge in [0.05, 0.1) is 34.2 Å². The van der Waals surface area contributed by atoms with Crippen LogP contribution in [0.5, 0.6) is 0 Å². The molecule has 1 atom stereocenters. The summed E-state index contributed by atoms with van der Waals surface area (Å²) in [5.41, 5.74) is 4.90. The molecule has 148 valence electrons. The van der Waals surface area contributed by atoms with Crippen LogP contribution in [0, 0.1) is 6.92 Å². The Morgan fingerprint density at radius 3 is 2.76 bits per heavy atom.